The van der Waals surface area contributed by atoms with Gasteiger partial charge in [-0.15, -0.1) is 0 Å². The molecule has 6 heteroatoms. The van der Waals surface area contributed by atoms with E-state index in [0.717, 1.165) is 24.0 Å². The quantitative estimate of drug-likeness (QED) is 0.889. The average Bonchev–Trinajstić information content (AvgIpc) is 2.89. The van der Waals surface area contributed by atoms with Gasteiger partial charge in [-0.05, 0) is 37.8 Å². The summed E-state index contributed by atoms with van der Waals surface area (Å²) in [6, 6.07) is 5.88. The number of nitrogens with zero attached hydrogens (tertiary/aromatic N) is 2. The number of sulfonamides is 1. The minimum atomic E-state index is -3.63. The van der Waals surface area contributed by atoms with Crippen LogP contribution in [-0.2, 0) is 29.4 Å². The van der Waals surface area contributed by atoms with E-state index in [1.165, 1.54) is 0 Å². The molecule has 0 aliphatic carbocycles. The summed E-state index contributed by atoms with van der Waals surface area (Å²) in [6.45, 7) is 8.33. The number of hydrogen-bond acceptors (Lipinski definition) is 3. The third-order valence-corrected chi connectivity index (χ3v) is 5.20. The number of nitrogens with one attached hydrogen (secondary N) is 1. The van der Waals surface area contributed by atoms with Crippen LogP contribution in [0.2, 0.25) is 0 Å². The third kappa shape index (κ3) is 3.16. The SMILES string of the molecule is CCc1cccc(CC)c1NS(=O)(=O)c1cn(CC)nc1C. The Hall–Kier alpha value is -1.82. The number of anilines is 1. The number of para-hydroxylation sites is 1. The molecular formula is C16H23N3O2S. The topological polar surface area (TPSA) is 64.0 Å². The van der Waals surface area contributed by atoms with E-state index >= 15 is 0 Å². The molecule has 0 fully saturated rings. The van der Waals surface area contributed by atoms with Gasteiger partial charge in [0.1, 0.15) is 4.90 Å². The van der Waals surface area contributed by atoms with E-state index in [2.05, 4.69) is 9.82 Å². The minimum absolute atomic E-state index is 0.238. The third-order valence-electron chi connectivity index (χ3n) is 3.75. The molecule has 0 saturated heterocycles. The normalized spacial score (nSPS) is 11.6. The highest BCUT2D eigenvalue weighted by Crippen LogP contribution is 2.26. The van der Waals surface area contributed by atoms with E-state index < -0.39 is 10.0 Å². The Morgan fingerprint density at radius 2 is 1.73 bits per heavy atom. The second kappa shape index (κ2) is 6.52. The van der Waals surface area contributed by atoms with Crippen molar-refractivity contribution in [3.8, 4) is 0 Å². The molecule has 0 aliphatic rings. The van der Waals surface area contributed by atoms with Gasteiger partial charge in [0.25, 0.3) is 10.0 Å². The molecule has 0 radical (unpaired) electrons. The van der Waals surface area contributed by atoms with E-state index in [4.69, 9.17) is 0 Å². The van der Waals surface area contributed by atoms with Crippen LogP contribution in [0.25, 0.3) is 0 Å². The van der Waals surface area contributed by atoms with E-state index in [0.29, 0.717) is 17.9 Å². The van der Waals surface area contributed by atoms with Gasteiger partial charge in [0.05, 0.1) is 11.4 Å². The van der Waals surface area contributed by atoms with Gasteiger partial charge in [-0.25, -0.2) is 8.42 Å². The van der Waals surface area contributed by atoms with Crippen LogP contribution in [0, 0.1) is 6.92 Å². The second-order valence-corrected chi connectivity index (χ2v) is 6.85. The van der Waals surface area contributed by atoms with Gasteiger partial charge in [-0.1, -0.05) is 32.0 Å². The largest absolute Gasteiger partial charge is 0.279 e. The van der Waals surface area contributed by atoms with Crippen molar-refractivity contribution in [2.45, 2.75) is 52.0 Å². The first-order chi connectivity index (χ1) is 10.4. The summed E-state index contributed by atoms with van der Waals surface area (Å²) < 4.78 is 29.9. The van der Waals surface area contributed by atoms with Crippen molar-refractivity contribution in [3.05, 3.63) is 41.2 Å². The van der Waals surface area contributed by atoms with Crippen molar-refractivity contribution in [2.24, 2.45) is 0 Å². The van der Waals surface area contributed by atoms with Crippen LogP contribution in [0.15, 0.2) is 29.3 Å². The lowest BCUT2D eigenvalue weighted by atomic mass is 10.0. The lowest BCUT2D eigenvalue weighted by molar-refractivity contribution is 0.600. The zero-order chi connectivity index (χ0) is 16.3. The van der Waals surface area contributed by atoms with E-state index in [-0.39, 0.29) is 4.90 Å². The Kier molecular flexibility index (Phi) is 4.90. The monoisotopic (exact) mass is 321 g/mol. The van der Waals surface area contributed by atoms with Crippen LogP contribution in [-0.4, -0.2) is 18.2 Å². The second-order valence-electron chi connectivity index (χ2n) is 5.20. The van der Waals surface area contributed by atoms with Crippen molar-refractivity contribution < 1.29 is 8.42 Å². The highest BCUT2D eigenvalue weighted by Gasteiger charge is 2.22. The van der Waals surface area contributed by atoms with Crippen LogP contribution >= 0.6 is 0 Å². The maximum absolute atomic E-state index is 12.7. The van der Waals surface area contributed by atoms with Gasteiger partial charge in [-0.3, -0.25) is 9.40 Å². The van der Waals surface area contributed by atoms with Crippen LogP contribution in [0.5, 0.6) is 0 Å². The predicted molar refractivity (Wildman–Crippen MR) is 88.6 cm³/mol. The molecule has 1 heterocycles. The summed E-state index contributed by atoms with van der Waals surface area (Å²) in [5.74, 6) is 0. The molecule has 22 heavy (non-hydrogen) atoms. The first-order valence-corrected chi connectivity index (χ1v) is 9.08. The summed E-state index contributed by atoms with van der Waals surface area (Å²) in [6.07, 6.45) is 3.13. The summed E-state index contributed by atoms with van der Waals surface area (Å²) in [5, 5.41) is 4.22. The maximum Gasteiger partial charge on any atom is 0.265 e. The Bertz CT molecular complexity index is 741. The molecule has 5 nitrogen and oxygen atoms in total. The average molecular weight is 321 g/mol. The lowest BCUT2D eigenvalue weighted by Gasteiger charge is -2.15. The van der Waals surface area contributed by atoms with E-state index in [1.54, 1.807) is 17.8 Å². The number of aryl methyl sites for hydroxylation is 4. The van der Waals surface area contributed by atoms with Crippen LogP contribution in [0.1, 0.15) is 37.6 Å². The Morgan fingerprint density at radius 1 is 1.14 bits per heavy atom. The van der Waals surface area contributed by atoms with Crippen molar-refractivity contribution in [2.75, 3.05) is 4.72 Å². The molecule has 0 spiro atoms. The number of aromatic nitrogens is 2. The van der Waals surface area contributed by atoms with Gasteiger partial charge < -0.3 is 0 Å². The summed E-state index contributed by atoms with van der Waals surface area (Å²) in [4.78, 5) is 0.238. The van der Waals surface area contributed by atoms with Gasteiger partial charge in [-0.2, -0.15) is 5.10 Å². The van der Waals surface area contributed by atoms with Crippen LogP contribution < -0.4 is 4.72 Å². The van der Waals surface area contributed by atoms with Crippen LogP contribution in [0.4, 0.5) is 5.69 Å². The number of hydrogen-bond donors (Lipinski definition) is 1. The molecule has 1 N–H and O–H groups in total. The van der Waals surface area contributed by atoms with Gasteiger partial charge >= 0.3 is 0 Å². The van der Waals surface area contributed by atoms with E-state index in [9.17, 15) is 8.42 Å². The van der Waals surface area contributed by atoms with Gasteiger partial charge in [0.2, 0.25) is 0 Å². The summed E-state index contributed by atoms with van der Waals surface area (Å²) in [5.41, 5.74) is 3.23. The van der Waals surface area contributed by atoms with E-state index in [1.807, 2.05) is 39.0 Å². The summed E-state index contributed by atoms with van der Waals surface area (Å²) >= 11 is 0. The zero-order valence-electron chi connectivity index (χ0n) is 13.5. The first kappa shape index (κ1) is 16.5. The van der Waals surface area contributed by atoms with Gasteiger partial charge in [0, 0.05) is 12.7 Å². The number of benzene rings is 1. The molecule has 0 atom stereocenters. The highest BCUT2D eigenvalue weighted by molar-refractivity contribution is 7.92. The van der Waals surface area contributed by atoms with Crippen molar-refractivity contribution >= 4 is 15.7 Å². The molecule has 2 rings (SSSR count). The predicted octanol–water partition coefficient (Wildman–Crippen LogP) is 3.14. The standard InChI is InChI=1S/C16H23N3O2S/c1-5-13-9-8-10-14(6-2)16(13)18-22(20,21)15-11-19(7-3)17-12(15)4/h8-11,18H,5-7H2,1-4H3. The fraction of sp³-hybridized carbons (Fsp3) is 0.438. The molecule has 0 unspecified atom stereocenters. The highest BCUT2D eigenvalue weighted by atomic mass is 32.2. The Morgan fingerprint density at radius 3 is 2.18 bits per heavy atom. The zero-order valence-corrected chi connectivity index (χ0v) is 14.4. The summed E-state index contributed by atoms with van der Waals surface area (Å²) in [7, 11) is -3.63. The van der Waals surface area contributed by atoms with Crippen LogP contribution in [0.3, 0.4) is 0 Å². The Balaban J connectivity index is 2.47. The molecule has 1 aromatic heterocycles. The molecule has 0 amide bonds. The van der Waals surface area contributed by atoms with Crippen molar-refractivity contribution in [1.82, 2.24) is 9.78 Å². The smallest absolute Gasteiger partial charge is 0.265 e. The molecule has 0 bridgehead atoms. The number of rotatable bonds is 6. The molecule has 1 aromatic carbocycles. The molecule has 0 saturated carbocycles. The lowest BCUT2D eigenvalue weighted by Crippen LogP contribution is -2.16. The van der Waals surface area contributed by atoms with Crippen molar-refractivity contribution in [1.29, 1.82) is 0 Å². The molecule has 120 valence electrons. The Labute approximate surface area is 132 Å². The first-order valence-electron chi connectivity index (χ1n) is 7.60. The minimum Gasteiger partial charge on any atom is -0.279 e. The molecule has 2 aromatic rings. The fourth-order valence-electron chi connectivity index (χ4n) is 2.49. The molecular weight excluding hydrogens is 298 g/mol. The van der Waals surface area contributed by atoms with Gasteiger partial charge in [0.15, 0.2) is 0 Å². The molecule has 0 aliphatic heterocycles. The fourth-order valence-corrected chi connectivity index (χ4v) is 3.82. The van der Waals surface area contributed by atoms with Crippen molar-refractivity contribution in [3.63, 3.8) is 0 Å². The maximum atomic E-state index is 12.7.